The van der Waals surface area contributed by atoms with E-state index >= 15 is 0 Å². The van der Waals surface area contributed by atoms with Crippen LogP contribution in [0.25, 0.3) is 0 Å². The molecule has 20 heavy (non-hydrogen) atoms. The molecule has 1 unspecified atom stereocenters. The molecule has 0 aromatic heterocycles. The fraction of sp³-hybridized carbons (Fsp3) is 0.647. The first-order valence-electron chi connectivity index (χ1n) is 7.89. The molecule has 0 radical (unpaired) electrons. The van der Waals surface area contributed by atoms with Crippen LogP contribution in [0.5, 0.6) is 0 Å². The van der Waals surface area contributed by atoms with Crippen molar-refractivity contribution in [1.29, 1.82) is 0 Å². The Morgan fingerprint density at radius 2 is 1.85 bits per heavy atom. The summed E-state index contributed by atoms with van der Waals surface area (Å²) < 4.78 is 0. The van der Waals surface area contributed by atoms with E-state index in [9.17, 15) is 0 Å². The van der Waals surface area contributed by atoms with E-state index < -0.39 is 0 Å². The molecule has 3 nitrogen and oxygen atoms in total. The molecule has 0 amide bonds. The molecule has 1 aliphatic carbocycles. The van der Waals surface area contributed by atoms with Gasteiger partial charge in [0.1, 0.15) is 0 Å². The minimum atomic E-state index is 0.671. The number of nitrogens with one attached hydrogen (secondary N) is 1. The van der Waals surface area contributed by atoms with Crippen LogP contribution in [-0.4, -0.2) is 62.2 Å². The first-order valence-corrected chi connectivity index (χ1v) is 7.89. The SMILES string of the molecule is CN1CCN(C)C(CNC2CC(c3ccccc3)C2)C1. The van der Waals surface area contributed by atoms with Crippen molar-refractivity contribution in [1.82, 2.24) is 15.1 Å². The molecule has 110 valence electrons. The maximum absolute atomic E-state index is 3.77. The Labute approximate surface area is 123 Å². The van der Waals surface area contributed by atoms with Crippen LogP contribution in [0, 0.1) is 0 Å². The van der Waals surface area contributed by atoms with E-state index in [1.807, 2.05) is 0 Å². The number of hydrogen-bond donors (Lipinski definition) is 1. The Kier molecular flexibility index (Phi) is 4.39. The lowest BCUT2D eigenvalue weighted by Crippen LogP contribution is -2.55. The zero-order valence-electron chi connectivity index (χ0n) is 12.8. The van der Waals surface area contributed by atoms with Gasteiger partial charge in [-0.05, 0) is 38.4 Å². The third kappa shape index (κ3) is 3.22. The van der Waals surface area contributed by atoms with Gasteiger partial charge in [0.05, 0.1) is 0 Å². The second kappa shape index (κ2) is 6.25. The van der Waals surface area contributed by atoms with Crippen molar-refractivity contribution in [3.8, 4) is 0 Å². The fourth-order valence-electron chi connectivity index (χ4n) is 3.41. The van der Waals surface area contributed by atoms with E-state index in [2.05, 4.69) is 59.5 Å². The molecule has 1 heterocycles. The lowest BCUT2D eigenvalue weighted by atomic mass is 9.76. The van der Waals surface area contributed by atoms with Crippen LogP contribution < -0.4 is 5.32 Å². The maximum atomic E-state index is 3.77. The van der Waals surface area contributed by atoms with Crippen molar-refractivity contribution in [2.75, 3.05) is 40.3 Å². The maximum Gasteiger partial charge on any atom is 0.0345 e. The van der Waals surface area contributed by atoms with Crippen molar-refractivity contribution in [2.45, 2.75) is 30.8 Å². The number of likely N-dealkylation sites (N-methyl/N-ethyl adjacent to an activating group) is 2. The molecule has 1 saturated carbocycles. The molecule has 1 aromatic carbocycles. The van der Waals surface area contributed by atoms with Crippen molar-refractivity contribution < 1.29 is 0 Å². The fourth-order valence-corrected chi connectivity index (χ4v) is 3.41. The minimum Gasteiger partial charge on any atom is -0.312 e. The molecule has 1 atom stereocenters. The summed E-state index contributed by atoms with van der Waals surface area (Å²) in [7, 11) is 4.49. The summed E-state index contributed by atoms with van der Waals surface area (Å²) in [5, 5.41) is 3.77. The highest BCUT2D eigenvalue weighted by Crippen LogP contribution is 2.36. The van der Waals surface area contributed by atoms with E-state index in [0.717, 1.165) is 18.5 Å². The second-order valence-corrected chi connectivity index (χ2v) is 6.58. The van der Waals surface area contributed by atoms with Gasteiger partial charge in [0.25, 0.3) is 0 Å². The quantitative estimate of drug-likeness (QED) is 0.902. The highest BCUT2D eigenvalue weighted by molar-refractivity contribution is 5.22. The number of benzene rings is 1. The summed E-state index contributed by atoms with van der Waals surface area (Å²) in [6, 6.07) is 12.3. The Morgan fingerprint density at radius 3 is 2.60 bits per heavy atom. The number of hydrogen-bond acceptors (Lipinski definition) is 3. The predicted octanol–water partition coefficient (Wildman–Crippen LogP) is 1.77. The summed E-state index contributed by atoms with van der Waals surface area (Å²) in [5.41, 5.74) is 1.51. The topological polar surface area (TPSA) is 18.5 Å². The van der Waals surface area contributed by atoms with E-state index in [-0.39, 0.29) is 0 Å². The standard InChI is InChI=1S/C17H27N3/c1-19-8-9-20(2)17(13-19)12-18-16-10-15(11-16)14-6-4-3-5-7-14/h3-7,15-18H,8-13H2,1-2H3. The van der Waals surface area contributed by atoms with E-state index in [1.165, 1.54) is 38.0 Å². The Balaban J connectivity index is 1.41. The number of nitrogens with zero attached hydrogens (tertiary/aromatic N) is 2. The lowest BCUT2D eigenvalue weighted by molar-refractivity contribution is 0.107. The normalized spacial score (nSPS) is 32.0. The average molecular weight is 273 g/mol. The Hall–Kier alpha value is -0.900. The molecule has 1 saturated heterocycles. The van der Waals surface area contributed by atoms with Crippen molar-refractivity contribution >= 4 is 0 Å². The van der Waals surface area contributed by atoms with Gasteiger partial charge in [0, 0.05) is 38.3 Å². The summed E-state index contributed by atoms with van der Waals surface area (Å²) in [5.74, 6) is 0.778. The van der Waals surface area contributed by atoms with Gasteiger partial charge in [-0.15, -0.1) is 0 Å². The van der Waals surface area contributed by atoms with Crippen molar-refractivity contribution in [2.24, 2.45) is 0 Å². The summed E-state index contributed by atoms with van der Waals surface area (Å²) in [6.07, 6.45) is 2.60. The van der Waals surface area contributed by atoms with Crippen molar-refractivity contribution in [3.05, 3.63) is 35.9 Å². The lowest BCUT2D eigenvalue weighted by Gasteiger charge is -2.41. The third-order valence-electron chi connectivity index (χ3n) is 5.03. The summed E-state index contributed by atoms with van der Waals surface area (Å²) in [4.78, 5) is 4.94. The molecule has 2 fully saturated rings. The molecule has 1 N–H and O–H groups in total. The molecule has 3 heteroatoms. The first kappa shape index (κ1) is 14.1. The highest BCUT2D eigenvalue weighted by Gasteiger charge is 2.31. The number of rotatable bonds is 4. The minimum absolute atomic E-state index is 0.671. The van der Waals surface area contributed by atoms with Crippen LogP contribution in [0.4, 0.5) is 0 Å². The van der Waals surface area contributed by atoms with E-state index in [1.54, 1.807) is 0 Å². The molecule has 1 aliphatic heterocycles. The van der Waals surface area contributed by atoms with Crippen LogP contribution >= 0.6 is 0 Å². The van der Waals surface area contributed by atoms with Crippen LogP contribution in [0.2, 0.25) is 0 Å². The highest BCUT2D eigenvalue weighted by atomic mass is 15.3. The molecule has 2 aliphatic rings. The summed E-state index contributed by atoms with van der Waals surface area (Å²) >= 11 is 0. The van der Waals surface area contributed by atoms with Gasteiger partial charge in [-0.25, -0.2) is 0 Å². The molecular weight excluding hydrogens is 246 g/mol. The van der Waals surface area contributed by atoms with Gasteiger partial charge in [-0.3, -0.25) is 4.90 Å². The summed E-state index contributed by atoms with van der Waals surface area (Å²) in [6.45, 7) is 4.72. The average Bonchev–Trinajstić information content (AvgIpc) is 2.42. The van der Waals surface area contributed by atoms with Crippen LogP contribution in [-0.2, 0) is 0 Å². The van der Waals surface area contributed by atoms with E-state index in [4.69, 9.17) is 0 Å². The largest absolute Gasteiger partial charge is 0.312 e. The van der Waals surface area contributed by atoms with Crippen LogP contribution in [0.3, 0.4) is 0 Å². The van der Waals surface area contributed by atoms with Crippen LogP contribution in [0.15, 0.2) is 30.3 Å². The van der Waals surface area contributed by atoms with Gasteiger partial charge in [0.2, 0.25) is 0 Å². The monoisotopic (exact) mass is 273 g/mol. The first-order chi connectivity index (χ1) is 9.72. The third-order valence-corrected chi connectivity index (χ3v) is 5.03. The van der Waals surface area contributed by atoms with Gasteiger partial charge in [0.15, 0.2) is 0 Å². The zero-order chi connectivity index (χ0) is 13.9. The molecular formula is C17H27N3. The Bertz CT molecular complexity index is 414. The zero-order valence-corrected chi connectivity index (χ0v) is 12.8. The molecule has 0 spiro atoms. The second-order valence-electron chi connectivity index (χ2n) is 6.58. The van der Waals surface area contributed by atoms with Gasteiger partial charge in [-0.1, -0.05) is 30.3 Å². The Morgan fingerprint density at radius 1 is 1.10 bits per heavy atom. The predicted molar refractivity (Wildman–Crippen MR) is 84.1 cm³/mol. The van der Waals surface area contributed by atoms with Crippen molar-refractivity contribution in [3.63, 3.8) is 0 Å². The van der Waals surface area contributed by atoms with Crippen LogP contribution in [0.1, 0.15) is 24.3 Å². The van der Waals surface area contributed by atoms with Gasteiger partial charge in [-0.2, -0.15) is 0 Å². The number of piperazine rings is 1. The smallest absolute Gasteiger partial charge is 0.0345 e. The molecule has 3 rings (SSSR count). The van der Waals surface area contributed by atoms with Gasteiger partial charge < -0.3 is 10.2 Å². The van der Waals surface area contributed by atoms with E-state index in [0.29, 0.717) is 6.04 Å². The molecule has 1 aromatic rings. The molecule has 0 bridgehead atoms. The van der Waals surface area contributed by atoms with Gasteiger partial charge >= 0.3 is 0 Å².